The van der Waals surface area contributed by atoms with Crippen molar-refractivity contribution in [2.45, 2.75) is 45.8 Å². The first kappa shape index (κ1) is 18.9. The highest BCUT2D eigenvalue weighted by atomic mass is 32.1. The quantitative estimate of drug-likeness (QED) is 0.805. The topological polar surface area (TPSA) is 54.5 Å². The first-order valence-corrected chi connectivity index (χ1v) is 10.2. The van der Waals surface area contributed by atoms with Crippen molar-refractivity contribution in [3.05, 3.63) is 45.9 Å². The fourth-order valence-electron chi connectivity index (χ4n) is 3.33. The Morgan fingerprint density at radius 3 is 2.88 bits per heavy atom. The number of hydrogen-bond acceptors (Lipinski definition) is 5. The molecule has 26 heavy (non-hydrogen) atoms. The van der Waals surface area contributed by atoms with Crippen molar-refractivity contribution in [3.8, 4) is 5.75 Å². The largest absolute Gasteiger partial charge is 0.487 e. The molecule has 1 saturated heterocycles. The molecule has 0 unspecified atom stereocenters. The molecular formula is C20H27N3O2S. The van der Waals surface area contributed by atoms with Gasteiger partial charge in [-0.05, 0) is 57.5 Å². The summed E-state index contributed by atoms with van der Waals surface area (Å²) in [5, 5.41) is 6.41. The second-order valence-corrected chi connectivity index (χ2v) is 7.72. The second-order valence-electron chi connectivity index (χ2n) is 6.65. The third-order valence-electron chi connectivity index (χ3n) is 4.61. The van der Waals surface area contributed by atoms with Crippen LogP contribution in [0.15, 0.2) is 29.6 Å². The average Bonchev–Trinajstić information content (AvgIpc) is 3.10. The van der Waals surface area contributed by atoms with Gasteiger partial charge in [0.25, 0.3) is 5.91 Å². The zero-order valence-corrected chi connectivity index (χ0v) is 16.3. The lowest BCUT2D eigenvalue weighted by Crippen LogP contribution is -2.46. The summed E-state index contributed by atoms with van der Waals surface area (Å²) in [4.78, 5) is 19.6. The number of benzene rings is 1. The zero-order chi connectivity index (χ0) is 18.4. The van der Waals surface area contributed by atoms with Crippen LogP contribution in [0.4, 0.5) is 0 Å². The Hall–Kier alpha value is -1.92. The second kappa shape index (κ2) is 9.14. The lowest BCUT2D eigenvalue weighted by atomic mass is 10.0. The van der Waals surface area contributed by atoms with Crippen LogP contribution < -0.4 is 10.1 Å². The van der Waals surface area contributed by atoms with E-state index in [1.54, 1.807) is 11.3 Å². The first-order chi connectivity index (χ1) is 12.7. The van der Waals surface area contributed by atoms with Gasteiger partial charge in [0.05, 0.1) is 10.7 Å². The van der Waals surface area contributed by atoms with Gasteiger partial charge in [-0.1, -0.05) is 13.0 Å². The number of nitrogens with zero attached hydrogens (tertiary/aromatic N) is 2. The van der Waals surface area contributed by atoms with Gasteiger partial charge < -0.3 is 15.0 Å². The molecule has 1 aliphatic rings. The minimum absolute atomic E-state index is 0.105. The SMILES string of the molecule is CCCN(C(=O)c1cccc(OCc2csc(C)n2)c1)C1CCNCC1. The molecule has 0 aliphatic carbocycles. The number of thiazole rings is 1. The van der Waals surface area contributed by atoms with Crippen LogP contribution >= 0.6 is 11.3 Å². The molecule has 1 N–H and O–H groups in total. The number of rotatable bonds is 7. The Balaban J connectivity index is 1.69. The first-order valence-electron chi connectivity index (χ1n) is 9.33. The number of hydrogen-bond donors (Lipinski definition) is 1. The maximum Gasteiger partial charge on any atom is 0.254 e. The van der Waals surface area contributed by atoms with Gasteiger partial charge in [0.1, 0.15) is 12.4 Å². The molecule has 1 aromatic carbocycles. The summed E-state index contributed by atoms with van der Waals surface area (Å²) in [6, 6.07) is 7.84. The molecule has 6 heteroatoms. The molecule has 1 amide bonds. The minimum atomic E-state index is 0.105. The maximum atomic E-state index is 13.1. The molecule has 0 spiro atoms. The molecule has 1 fully saturated rings. The maximum absolute atomic E-state index is 13.1. The molecular weight excluding hydrogens is 346 g/mol. The molecule has 0 bridgehead atoms. The third kappa shape index (κ3) is 4.83. The number of carbonyl (C=O) groups is 1. The van der Waals surface area contributed by atoms with E-state index in [4.69, 9.17) is 4.74 Å². The molecule has 0 radical (unpaired) electrons. The molecule has 0 saturated carbocycles. The highest BCUT2D eigenvalue weighted by Crippen LogP contribution is 2.20. The molecule has 1 aliphatic heterocycles. The van der Waals surface area contributed by atoms with Crippen molar-refractivity contribution in [1.29, 1.82) is 0 Å². The summed E-state index contributed by atoms with van der Waals surface area (Å²) < 4.78 is 5.84. The number of amides is 1. The Bertz CT molecular complexity index is 725. The predicted octanol–water partition coefficient (Wildman–Crippen LogP) is 3.63. The van der Waals surface area contributed by atoms with Gasteiger partial charge in [0.15, 0.2) is 0 Å². The Morgan fingerprint density at radius 1 is 1.38 bits per heavy atom. The highest BCUT2D eigenvalue weighted by molar-refractivity contribution is 7.09. The molecule has 140 valence electrons. The highest BCUT2D eigenvalue weighted by Gasteiger charge is 2.25. The van der Waals surface area contributed by atoms with Crippen molar-refractivity contribution in [2.75, 3.05) is 19.6 Å². The Kier molecular flexibility index (Phi) is 6.63. The van der Waals surface area contributed by atoms with Gasteiger partial charge in [-0.25, -0.2) is 4.98 Å². The van der Waals surface area contributed by atoms with E-state index < -0.39 is 0 Å². The number of piperidine rings is 1. The van der Waals surface area contributed by atoms with Gasteiger partial charge in [0, 0.05) is 23.5 Å². The van der Waals surface area contributed by atoms with E-state index in [9.17, 15) is 4.79 Å². The average molecular weight is 374 g/mol. The third-order valence-corrected chi connectivity index (χ3v) is 5.43. The lowest BCUT2D eigenvalue weighted by molar-refractivity contribution is 0.0642. The molecule has 1 aromatic heterocycles. The smallest absolute Gasteiger partial charge is 0.254 e. The summed E-state index contributed by atoms with van der Waals surface area (Å²) >= 11 is 1.62. The van der Waals surface area contributed by atoms with E-state index in [0.29, 0.717) is 24.0 Å². The van der Waals surface area contributed by atoms with Crippen molar-refractivity contribution in [3.63, 3.8) is 0 Å². The fourth-order valence-corrected chi connectivity index (χ4v) is 3.92. The number of nitrogens with one attached hydrogen (secondary N) is 1. The molecule has 2 heterocycles. The van der Waals surface area contributed by atoms with Gasteiger partial charge in [-0.3, -0.25) is 4.79 Å². The van der Waals surface area contributed by atoms with Crippen LogP contribution in [0, 0.1) is 6.92 Å². The number of aryl methyl sites for hydroxylation is 1. The van der Waals surface area contributed by atoms with Crippen molar-refractivity contribution in [1.82, 2.24) is 15.2 Å². The van der Waals surface area contributed by atoms with Crippen molar-refractivity contribution in [2.24, 2.45) is 0 Å². The molecule has 3 rings (SSSR count). The number of carbonyl (C=O) groups excluding carboxylic acids is 1. The summed E-state index contributed by atoms with van der Waals surface area (Å²) in [5.74, 6) is 0.817. The van der Waals surface area contributed by atoms with Crippen LogP contribution in [0.2, 0.25) is 0 Å². The summed E-state index contributed by atoms with van der Waals surface area (Å²) in [6.45, 7) is 7.29. The number of ether oxygens (including phenoxy) is 1. The van der Waals surface area contributed by atoms with Crippen LogP contribution in [0.5, 0.6) is 5.75 Å². The van der Waals surface area contributed by atoms with Crippen molar-refractivity contribution >= 4 is 17.2 Å². The van der Waals surface area contributed by atoms with Gasteiger partial charge in [0.2, 0.25) is 0 Å². The molecule has 2 aromatic rings. The molecule has 5 nitrogen and oxygen atoms in total. The van der Waals surface area contributed by atoms with E-state index in [0.717, 1.165) is 49.6 Å². The fraction of sp³-hybridized carbons (Fsp3) is 0.500. The number of aromatic nitrogens is 1. The lowest BCUT2D eigenvalue weighted by Gasteiger charge is -2.34. The van der Waals surface area contributed by atoms with Crippen LogP contribution in [0.25, 0.3) is 0 Å². The van der Waals surface area contributed by atoms with Crippen molar-refractivity contribution < 1.29 is 9.53 Å². The predicted molar refractivity (Wildman–Crippen MR) is 105 cm³/mol. The van der Waals surface area contributed by atoms with Crippen LogP contribution in [0.1, 0.15) is 47.2 Å². The zero-order valence-electron chi connectivity index (χ0n) is 15.5. The van der Waals surface area contributed by atoms with Gasteiger partial charge in [-0.15, -0.1) is 11.3 Å². The summed E-state index contributed by atoms with van der Waals surface area (Å²) in [6.07, 6.45) is 3.01. The molecule has 0 atom stereocenters. The minimum Gasteiger partial charge on any atom is -0.487 e. The van der Waals surface area contributed by atoms with Gasteiger partial charge >= 0.3 is 0 Å². The monoisotopic (exact) mass is 373 g/mol. The van der Waals surface area contributed by atoms with E-state index in [2.05, 4.69) is 17.2 Å². The van der Waals surface area contributed by atoms with Crippen LogP contribution in [-0.4, -0.2) is 41.5 Å². The van der Waals surface area contributed by atoms with E-state index in [1.807, 2.05) is 41.5 Å². The standard InChI is InChI=1S/C20H27N3O2S/c1-3-11-23(18-7-9-21-10-8-18)20(24)16-5-4-6-19(12-16)25-13-17-14-26-15(2)22-17/h4-6,12,14,18,21H,3,7-11,13H2,1-2H3. The Labute approximate surface area is 159 Å². The van der Waals surface area contributed by atoms with Crippen LogP contribution in [-0.2, 0) is 6.61 Å². The summed E-state index contributed by atoms with van der Waals surface area (Å²) in [5.41, 5.74) is 1.62. The van der Waals surface area contributed by atoms with E-state index in [-0.39, 0.29) is 5.91 Å². The van der Waals surface area contributed by atoms with Crippen LogP contribution in [0.3, 0.4) is 0 Å². The van der Waals surface area contributed by atoms with E-state index >= 15 is 0 Å². The van der Waals surface area contributed by atoms with E-state index in [1.165, 1.54) is 0 Å². The van der Waals surface area contributed by atoms with Gasteiger partial charge in [-0.2, -0.15) is 0 Å². The normalized spacial score (nSPS) is 15.0. The summed E-state index contributed by atoms with van der Waals surface area (Å²) in [7, 11) is 0. The Morgan fingerprint density at radius 2 is 2.19 bits per heavy atom.